The van der Waals surface area contributed by atoms with Crippen molar-refractivity contribution in [3.63, 3.8) is 0 Å². The maximum atomic E-state index is 10.5. The van der Waals surface area contributed by atoms with Crippen LogP contribution in [0.5, 0.6) is 5.75 Å². The lowest BCUT2D eigenvalue weighted by Gasteiger charge is -2.41. The van der Waals surface area contributed by atoms with Gasteiger partial charge in [-0.2, -0.15) is 0 Å². The molecule has 1 fully saturated rings. The summed E-state index contributed by atoms with van der Waals surface area (Å²) in [6.07, 6.45) is 0.769. The van der Waals surface area contributed by atoms with E-state index >= 15 is 0 Å². The molecule has 4 nitrogen and oxygen atoms in total. The molecule has 1 aliphatic rings. The van der Waals surface area contributed by atoms with Gasteiger partial charge < -0.3 is 10.2 Å². The number of rotatable bonds is 6. The second-order valence-electron chi connectivity index (χ2n) is 7.64. The van der Waals surface area contributed by atoms with Crippen LogP contribution in [-0.4, -0.2) is 52.3 Å². The van der Waals surface area contributed by atoms with Crippen LogP contribution in [0.2, 0.25) is 0 Å². The second-order valence-corrected chi connectivity index (χ2v) is 7.64. The van der Waals surface area contributed by atoms with Gasteiger partial charge in [-0.1, -0.05) is 60.7 Å². The summed E-state index contributed by atoms with van der Waals surface area (Å²) in [7, 11) is 0. The molecule has 1 atom stereocenters. The quantitative estimate of drug-likeness (QED) is 0.690. The third kappa shape index (κ3) is 4.20. The molecule has 0 unspecified atom stereocenters. The van der Waals surface area contributed by atoms with Gasteiger partial charge >= 0.3 is 0 Å². The van der Waals surface area contributed by atoms with E-state index < -0.39 is 0 Å². The molecule has 4 rings (SSSR count). The highest BCUT2D eigenvalue weighted by atomic mass is 16.3. The Labute approximate surface area is 166 Å². The molecule has 0 saturated carbocycles. The summed E-state index contributed by atoms with van der Waals surface area (Å²) in [5.41, 5.74) is 2.31. The molecule has 4 heteroatoms. The van der Waals surface area contributed by atoms with E-state index in [2.05, 4.69) is 46.2 Å². The van der Waals surface area contributed by atoms with Crippen molar-refractivity contribution in [2.75, 3.05) is 26.2 Å². The number of phenolic OH excluding ortho intramolecular Hbond substituents is 1. The molecule has 3 aromatic carbocycles. The lowest BCUT2D eigenvalue weighted by Crippen LogP contribution is -2.52. The van der Waals surface area contributed by atoms with Crippen LogP contribution in [0.4, 0.5) is 0 Å². The molecule has 2 N–H and O–H groups in total. The molecule has 146 valence electrons. The van der Waals surface area contributed by atoms with Gasteiger partial charge in [0.1, 0.15) is 5.75 Å². The van der Waals surface area contributed by atoms with Crippen LogP contribution >= 0.6 is 0 Å². The Morgan fingerprint density at radius 2 is 1.64 bits per heavy atom. The summed E-state index contributed by atoms with van der Waals surface area (Å²) >= 11 is 0. The van der Waals surface area contributed by atoms with Gasteiger partial charge in [0.25, 0.3) is 0 Å². The molecule has 0 radical (unpaired) electrons. The molecular formula is C24H28N2O2. The number of fused-ring (bicyclic) bond motifs is 1. The number of aromatic hydroxyl groups is 1. The maximum Gasteiger partial charge on any atom is 0.120 e. The molecule has 1 aliphatic heterocycles. The van der Waals surface area contributed by atoms with Crippen molar-refractivity contribution in [1.29, 1.82) is 0 Å². The van der Waals surface area contributed by atoms with E-state index in [1.807, 2.05) is 24.3 Å². The molecule has 0 spiro atoms. The van der Waals surface area contributed by atoms with E-state index in [-0.39, 0.29) is 6.61 Å². The highest BCUT2D eigenvalue weighted by molar-refractivity contribution is 5.87. The Hall–Kier alpha value is -2.40. The topological polar surface area (TPSA) is 46.9 Å². The van der Waals surface area contributed by atoms with Crippen LogP contribution in [0.15, 0.2) is 66.7 Å². The van der Waals surface area contributed by atoms with Gasteiger partial charge in [-0.3, -0.25) is 9.80 Å². The van der Waals surface area contributed by atoms with Crippen molar-refractivity contribution in [3.05, 3.63) is 77.9 Å². The second kappa shape index (κ2) is 8.74. The fourth-order valence-electron chi connectivity index (χ4n) is 4.26. The predicted molar refractivity (Wildman–Crippen MR) is 113 cm³/mol. The van der Waals surface area contributed by atoms with Gasteiger partial charge in [0.2, 0.25) is 0 Å². The first-order chi connectivity index (χ1) is 13.7. The average molecular weight is 377 g/mol. The molecule has 3 aromatic rings. The van der Waals surface area contributed by atoms with Crippen LogP contribution in [-0.2, 0) is 13.1 Å². The maximum absolute atomic E-state index is 10.5. The van der Waals surface area contributed by atoms with Gasteiger partial charge in [0.15, 0.2) is 0 Å². The summed E-state index contributed by atoms with van der Waals surface area (Å²) in [5.74, 6) is 0.365. The number of piperazine rings is 1. The Morgan fingerprint density at radius 3 is 2.46 bits per heavy atom. The number of aliphatic hydroxyl groups is 1. The minimum atomic E-state index is 0.198. The first-order valence-corrected chi connectivity index (χ1v) is 10.1. The Kier molecular flexibility index (Phi) is 5.91. The first kappa shape index (κ1) is 18.9. The normalized spacial score (nSPS) is 18.5. The number of benzene rings is 3. The monoisotopic (exact) mass is 376 g/mol. The standard InChI is InChI=1S/C24H28N2O2/c27-15-12-21-17-25(13-14-26(21)16-19-6-2-1-3-7-19)18-23-22-9-5-4-8-20(22)10-11-24(23)28/h1-11,21,27-28H,12-18H2/t21-/m1/s1. The molecule has 1 saturated heterocycles. The molecule has 0 aromatic heterocycles. The zero-order valence-electron chi connectivity index (χ0n) is 16.2. The van der Waals surface area contributed by atoms with E-state index in [4.69, 9.17) is 0 Å². The van der Waals surface area contributed by atoms with Crippen molar-refractivity contribution >= 4 is 10.8 Å². The van der Waals surface area contributed by atoms with E-state index in [0.717, 1.165) is 55.5 Å². The molecule has 0 amide bonds. The Balaban J connectivity index is 1.50. The highest BCUT2D eigenvalue weighted by Crippen LogP contribution is 2.29. The van der Waals surface area contributed by atoms with Crippen molar-refractivity contribution in [2.24, 2.45) is 0 Å². The minimum absolute atomic E-state index is 0.198. The zero-order valence-corrected chi connectivity index (χ0v) is 16.2. The first-order valence-electron chi connectivity index (χ1n) is 10.1. The molecule has 0 aliphatic carbocycles. The van der Waals surface area contributed by atoms with Gasteiger partial charge in [0.05, 0.1) is 0 Å². The smallest absolute Gasteiger partial charge is 0.120 e. The number of hydrogen-bond acceptors (Lipinski definition) is 4. The Bertz CT molecular complexity index is 913. The molecule has 28 heavy (non-hydrogen) atoms. The van der Waals surface area contributed by atoms with Gasteiger partial charge in [-0.15, -0.1) is 0 Å². The third-order valence-corrected chi connectivity index (χ3v) is 5.78. The fourth-order valence-corrected chi connectivity index (χ4v) is 4.26. The fraction of sp³-hybridized carbons (Fsp3) is 0.333. The van der Waals surface area contributed by atoms with Crippen LogP contribution in [0.1, 0.15) is 17.5 Å². The molecular weight excluding hydrogens is 348 g/mol. The predicted octanol–water partition coefficient (Wildman–Crippen LogP) is 3.61. The number of phenols is 1. The lowest BCUT2D eigenvalue weighted by molar-refractivity contribution is 0.0498. The molecule has 0 bridgehead atoms. The number of hydrogen-bond donors (Lipinski definition) is 2. The van der Waals surface area contributed by atoms with Gasteiger partial charge in [-0.25, -0.2) is 0 Å². The summed E-state index contributed by atoms with van der Waals surface area (Å²) in [6, 6.07) is 22.8. The van der Waals surface area contributed by atoms with Gasteiger partial charge in [0, 0.05) is 50.9 Å². The van der Waals surface area contributed by atoms with E-state index in [1.165, 1.54) is 5.56 Å². The van der Waals surface area contributed by atoms with Crippen molar-refractivity contribution in [1.82, 2.24) is 9.80 Å². The van der Waals surface area contributed by atoms with Crippen LogP contribution < -0.4 is 0 Å². The van der Waals surface area contributed by atoms with Gasteiger partial charge in [-0.05, 0) is 28.8 Å². The lowest BCUT2D eigenvalue weighted by atomic mass is 10.0. The summed E-state index contributed by atoms with van der Waals surface area (Å²) in [5, 5.41) is 22.3. The zero-order chi connectivity index (χ0) is 19.3. The number of nitrogens with zero attached hydrogens (tertiary/aromatic N) is 2. The van der Waals surface area contributed by atoms with Crippen LogP contribution in [0, 0.1) is 0 Å². The summed E-state index contributed by atoms with van der Waals surface area (Å²) in [4.78, 5) is 4.88. The van der Waals surface area contributed by atoms with Crippen molar-refractivity contribution in [3.8, 4) is 5.75 Å². The molecule has 1 heterocycles. The van der Waals surface area contributed by atoms with E-state index in [9.17, 15) is 10.2 Å². The average Bonchev–Trinajstić information content (AvgIpc) is 2.73. The van der Waals surface area contributed by atoms with Crippen molar-refractivity contribution in [2.45, 2.75) is 25.6 Å². The van der Waals surface area contributed by atoms with Crippen molar-refractivity contribution < 1.29 is 10.2 Å². The highest BCUT2D eigenvalue weighted by Gasteiger charge is 2.27. The van der Waals surface area contributed by atoms with Crippen LogP contribution in [0.3, 0.4) is 0 Å². The summed E-state index contributed by atoms with van der Waals surface area (Å²) in [6.45, 7) is 4.66. The van der Waals surface area contributed by atoms with E-state index in [1.54, 1.807) is 6.07 Å². The largest absolute Gasteiger partial charge is 0.508 e. The third-order valence-electron chi connectivity index (χ3n) is 5.78. The number of aliphatic hydroxyl groups excluding tert-OH is 1. The van der Waals surface area contributed by atoms with E-state index in [0.29, 0.717) is 11.8 Å². The summed E-state index contributed by atoms with van der Waals surface area (Å²) < 4.78 is 0. The Morgan fingerprint density at radius 1 is 0.857 bits per heavy atom. The minimum Gasteiger partial charge on any atom is -0.508 e. The van der Waals surface area contributed by atoms with Crippen LogP contribution in [0.25, 0.3) is 10.8 Å². The SMILES string of the molecule is OCC[C@@H]1CN(Cc2c(O)ccc3ccccc23)CCN1Cc1ccccc1.